The Morgan fingerprint density at radius 3 is 2.54 bits per heavy atom. The van der Waals surface area contributed by atoms with Gasteiger partial charge in [0.1, 0.15) is 11.6 Å². The maximum absolute atomic E-state index is 4.65. The fourth-order valence-electron chi connectivity index (χ4n) is 2.70. The van der Waals surface area contributed by atoms with Crippen molar-refractivity contribution in [1.82, 2.24) is 19.7 Å². The Kier molecular flexibility index (Phi) is 4.60. The number of nitrogens with zero attached hydrogens (tertiary/aromatic N) is 4. The van der Waals surface area contributed by atoms with E-state index in [1.165, 1.54) is 5.56 Å². The first kappa shape index (κ1) is 16.2. The minimum Gasteiger partial charge on any atom is -0.363 e. The molecule has 1 atom stereocenters. The predicted octanol–water partition coefficient (Wildman–Crippen LogP) is 4.27. The maximum atomic E-state index is 4.65. The largest absolute Gasteiger partial charge is 0.363 e. The molecule has 1 N–H and O–H groups in total. The topological polar surface area (TPSA) is 55.6 Å². The SMILES string of the molecule is Cc1cc(NC(C)c2ccccc2-n2cccn2)nc(C(C)C)n1. The zero-order valence-electron chi connectivity index (χ0n) is 14.6. The number of anilines is 1. The van der Waals surface area contributed by atoms with Crippen molar-refractivity contribution >= 4 is 5.82 Å². The molecular weight excluding hydrogens is 298 g/mol. The first-order chi connectivity index (χ1) is 11.5. The van der Waals surface area contributed by atoms with E-state index in [0.29, 0.717) is 5.92 Å². The number of hydrogen-bond acceptors (Lipinski definition) is 4. The third-order valence-electron chi connectivity index (χ3n) is 3.91. The van der Waals surface area contributed by atoms with Crippen LogP contribution in [0.2, 0.25) is 0 Å². The smallest absolute Gasteiger partial charge is 0.133 e. The summed E-state index contributed by atoms with van der Waals surface area (Å²) in [5, 5.41) is 7.86. The van der Waals surface area contributed by atoms with Crippen molar-refractivity contribution < 1.29 is 0 Å². The van der Waals surface area contributed by atoms with Gasteiger partial charge in [-0.1, -0.05) is 32.0 Å². The van der Waals surface area contributed by atoms with Crippen molar-refractivity contribution in [2.24, 2.45) is 0 Å². The molecule has 2 heterocycles. The average molecular weight is 321 g/mol. The Bertz CT molecular complexity index is 808. The highest BCUT2D eigenvalue weighted by atomic mass is 15.3. The number of benzene rings is 1. The molecule has 0 aliphatic heterocycles. The number of rotatable bonds is 5. The van der Waals surface area contributed by atoms with E-state index in [1.807, 2.05) is 42.1 Å². The van der Waals surface area contributed by atoms with Gasteiger partial charge in [0.05, 0.1) is 11.7 Å². The lowest BCUT2D eigenvalue weighted by Crippen LogP contribution is -2.13. The second-order valence-electron chi connectivity index (χ2n) is 6.28. The van der Waals surface area contributed by atoms with Crippen LogP contribution in [0, 0.1) is 6.92 Å². The van der Waals surface area contributed by atoms with Crippen molar-refractivity contribution in [3.8, 4) is 5.69 Å². The summed E-state index contributed by atoms with van der Waals surface area (Å²) in [6.45, 7) is 8.35. The Morgan fingerprint density at radius 1 is 1.04 bits per heavy atom. The zero-order chi connectivity index (χ0) is 17.1. The van der Waals surface area contributed by atoms with E-state index >= 15 is 0 Å². The highest BCUT2D eigenvalue weighted by Crippen LogP contribution is 2.24. The van der Waals surface area contributed by atoms with Gasteiger partial charge in [-0.05, 0) is 31.5 Å². The Morgan fingerprint density at radius 2 is 1.83 bits per heavy atom. The highest BCUT2D eigenvalue weighted by molar-refractivity contribution is 5.47. The van der Waals surface area contributed by atoms with Crippen molar-refractivity contribution in [3.05, 3.63) is 65.9 Å². The molecular formula is C19H23N5. The second kappa shape index (κ2) is 6.83. The van der Waals surface area contributed by atoms with E-state index in [9.17, 15) is 0 Å². The molecule has 0 radical (unpaired) electrons. The van der Waals surface area contributed by atoms with Gasteiger partial charge in [0.15, 0.2) is 0 Å². The molecule has 0 aliphatic rings. The van der Waals surface area contributed by atoms with Gasteiger partial charge in [-0.2, -0.15) is 5.10 Å². The number of aryl methyl sites for hydroxylation is 1. The molecule has 0 bridgehead atoms. The highest BCUT2D eigenvalue weighted by Gasteiger charge is 2.14. The molecule has 2 aromatic heterocycles. The molecule has 3 rings (SSSR count). The van der Waals surface area contributed by atoms with E-state index in [2.05, 4.69) is 53.3 Å². The van der Waals surface area contributed by atoms with Gasteiger partial charge in [-0.25, -0.2) is 14.6 Å². The van der Waals surface area contributed by atoms with Crippen LogP contribution in [-0.2, 0) is 0 Å². The molecule has 0 amide bonds. The van der Waals surface area contributed by atoms with Crippen LogP contribution in [-0.4, -0.2) is 19.7 Å². The molecule has 1 unspecified atom stereocenters. The number of aromatic nitrogens is 4. The van der Waals surface area contributed by atoms with Crippen LogP contribution in [0.1, 0.15) is 49.8 Å². The lowest BCUT2D eigenvalue weighted by molar-refractivity contribution is 0.758. The monoisotopic (exact) mass is 321 g/mol. The summed E-state index contributed by atoms with van der Waals surface area (Å²) in [6, 6.07) is 12.3. The number of hydrogen-bond donors (Lipinski definition) is 1. The first-order valence-electron chi connectivity index (χ1n) is 8.25. The first-order valence-corrected chi connectivity index (χ1v) is 8.25. The molecule has 124 valence electrons. The zero-order valence-corrected chi connectivity index (χ0v) is 14.6. The van der Waals surface area contributed by atoms with Crippen LogP contribution in [0.5, 0.6) is 0 Å². The fraction of sp³-hybridized carbons (Fsp3) is 0.316. The lowest BCUT2D eigenvalue weighted by atomic mass is 10.1. The van der Waals surface area contributed by atoms with E-state index in [0.717, 1.165) is 23.0 Å². The maximum Gasteiger partial charge on any atom is 0.133 e. The van der Waals surface area contributed by atoms with E-state index in [1.54, 1.807) is 6.20 Å². The van der Waals surface area contributed by atoms with Crippen LogP contribution >= 0.6 is 0 Å². The van der Waals surface area contributed by atoms with E-state index in [-0.39, 0.29) is 6.04 Å². The third-order valence-corrected chi connectivity index (χ3v) is 3.91. The minimum absolute atomic E-state index is 0.0970. The Hall–Kier alpha value is -2.69. The van der Waals surface area contributed by atoms with Crippen molar-refractivity contribution in [2.75, 3.05) is 5.32 Å². The predicted molar refractivity (Wildman–Crippen MR) is 96.5 cm³/mol. The van der Waals surface area contributed by atoms with Crippen molar-refractivity contribution in [3.63, 3.8) is 0 Å². The summed E-state index contributed by atoms with van der Waals surface area (Å²) in [7, 11) is 0. The molecule has 0 spiro atoms. The van der Waals surface area contributed by atoms with E-state index in [4.69, 9.17) is 0 Å². The third kappa shape index (κ3) is 3.45. The Balaban J connectivity index is 1.90. The van der Waals surface area contributed by atoms with Gasteiger partial charge in [0.25, 0.3) is 0 Å². The van der Waals surface area contributed by atoms with Gasteiger partial charge in [-0.3, -0.25) is 0 Å². The standard InChI is InChI=1S/C19H23N5/c1-13(2)19-21-14(3)12-18(23-19)22-15(4)16-8-5-6-9-17(16)24-11-7-10-20-24/h5-13,15H,1-4H3,(H,21,22,23). The van der Waals surface area contributed by atoms with Crippen LogP contribution < -0.4 is 5.32 Å². The van der Waals surface area contributed by atoms with Gasteiger partial charge in [0, 0.05) is 30.1 Å². The summed E-state index contributed by atoms with van der Waals surface area (Å²) in [4.78, 5) is 9.15. The van der Waals surface area contributed by atoms with Crippen molar-refractivity contribution in [1.29, 1.82) is 0 Å². The molecule has 0 saturated carbocycles. The molecule has 5 heteroatoms. The van der Waals surface area contributed by atoms with E-state index < -0.39 is 0 Å². The van der Waals surface area contributed by atoms with Crippen LogP contribution in [0.15, 0.2) is 48.8 Å². The molecule has 1 aromatic carbocycles. The molecule has 0 fully saturated rings. The molecule has 3 aromatic rings. The van der Waals surface area contributed by atoms with Gasteiger partial charge in [-0.15, -0.1) is 0 Å². The lowest BCUT2D eigenvalue weighted by Gasteiger charge is -2.19. The summed E-state index contributed by atoms with van der Waals surface area (Å²) >= 11 is 0. The summed E-state index contributed by atoms with van der Waals surface area (Å²) in [5.41, 5.74) is 3.21. The van der Waals surface area contributed by atoms with Gasteiger partial charge < -0.3 is 5.32 Å². The van der Waals surface area contributed by atoms with Crippen LogP contribution in [0.3, 0.4) is 0 Å². The minimum atomic E-state index is 0.0970. The number of nitrogens with one attached hydrogen (secondary N) is 1. The molecule has 24 heavy (non-hydrogen) atoms. The summed E-state index contributed by atoms with van der Waals surface area (Å²) in [5.74, 6) is 2.02. The molecule has 5 nitrogen and oxygen atoms in total. The molecule has 0 saturated heterocycles. The van der Waals surface area contributed by atoms with Gasteiger partial charge >= 0.3 is 0 Å². The fourth-order valence-corrected chi connectivity index (χ4v) is 2.70. The normalized spacial score (nSPS) is 12.4. The molecule has 0 aliphatic carbocycles. The van der Waals surface area contributed by atoms with Crippen LogP contribution in [0.25, 0.3) is 5.69 Å². The average Bonchev–Trinajstić information content (AvgIpc) is 3.08. The summed E-state index contributed by atoms with van der Waals surface area (Å²) < 4.78 is 1.89. The quantitative estimate of drug-likeness (QED) is 0.762. The number of para-hydroxylation sites is 1. The van der Waals surface area contributed by atoms with Crippen molar-refractivity contribution in [2.45, 2.75) is 39.7 Å². The van der Waals surface area contributed by atoms with Gasteiger partial charge in [0.2, 0.25) is 0 Å². The second-order valence-corrected chi connectivity index (χ2v) is 6.28. The van der Waals surface area contributed by atoms with Crippen LogP contribution in [0.4, 0.5) is 5.82 Å². The Labute approximate surface area is 142 Å². The summed E-state index contributed by atoms with van der Waals surface area (Å²) in [6.07, 6.45) is 3.74.